The van der Waals surface area contributed by atoms with Crippen molar-refractivity contribution >= 4 is 40.5 Å². The van der Waals surface area contributed by atoms with E-state index < -0.39 is 59.6 Å². The maximum absolute atomic E-state index is 13.9. The van der Waals surface area contributed by atoms with Crippen LogP contribution in [0.5, 0.6) is 0 Å². The van der Waals surface area contributed by atoms with Gasteiger partial charge in [-0.25, -0.2) is 19.3 Å². The number of nitrogens with two attached hydrogens (primary N) is 2. The first-order chi connectivity index (χ1) is 53.5. The van der Waals surface area contributed by atoms with Crippen molar-refractivity contribution in [1.82, 2.24) is 49.5 Å². The summed E-state index contributed by atoms with van der Waals surface area (Å²) in [5, 5.41) is 20.1. The monoisotopic (exact) mass is 1530 g/mol. The van der Waals surface area contributed by atoms with Crippen LogP contribution in [0, 0.1) is 67.6 Å². The summed E-state index contributed by atoms with van der Waals surface area (Å²) in [4.78, 5) is 64.5. The molecule has 2 aliphatic heterocycles. The molecular formula is C83H74F10N16O3. The number of nitrogen functional groups attached to an aromatic ring is 1. The van der Waals surface area contributed by atoms with Gasteiger partial charge in [0.25, 0.3) is 17.7 Å². The molecule has 0 radical (unpaired) electrons. The van der Waals surface area contributed by atoms with E-state index >= 15 is 0 Å². The van der Waals surface area contributed by atoms with E-state index in [1.54, 1.807) is 97.6 Å². The fourth-order valence-corrected chi connectivity index (χ4v) is 11.8. The second-order valence-electron chi connectivity index (χ2n) is 26.3. The number of aromatic nitrogens is 6. The molecule has 6 aromatic carbocycles. The summed E-state index contributed by atoms with van der Waals surface area (Å²) in [5.41, 5.74) is 17.5. The number of hydrogen-bond acceptors (Lipinski definition) is 15. The third kappa shape index (κ3) is 23.2. The summed E-state index contributed by atoms with van der Waals surface area (Å²) in [6.45, 7) is 12.5. The molecule has 8 N–H and O–H groups in total. The number of aryl methyl sites for hydroxylation is 3. The number of imidazole rings is 1. The van der Waals surface area contributed by atoms with Gasteiger partial charge in [0, 0.05) is 182 Å². The molecule has 112 heavy (non-hydrogen) atoms. The average Bonchev–Trinajstić information content (AvgIpc) is 1.09. The van der Waals surface area contributed by atoms with Gasteiger partial charge >= 0.3 is 18.5 Å². The first-order valence-corrected chi connectivity index (χ1v) is 34.9. The molecular weight excluding hydrogens is 1460 g/mol. The van der Waals surface area contributed by atoms with Crippen molar-refractivity contribution < 1.29 is 58.3 Å². The van der Waals surface area contributed by atoms with E-state index in [-0.39, 0.29) is 64.1 Å². The number of carbonyl (C=O) groups excluding carboxylic acids is 3. The molecule has 19 nitrogen and oxygen atoms in total. The SMILES string of the molecule is Cc1ccc(C(=O)Nc2ccc(CN3CCN(CCF)CC3)c(C(F)(F)F)c2)cc1C#Cc1cncc(N)c1.Cc1ccc(C(=O)Nc2ccc(CN3CCNC(C)C3)c(C(F)(F)F)c2)cc1C#Cc1cncnc1.Cc1ccc(NC(=O)c2cc(-n3cnc(C#N)c3)cc(C(F)(F)F)c2)cc1C#Cc1ccc(CN)nc1. The number of nitrogens with one attached hydrogen (secondary N) is 4. The number of piperazine rings is 2. The first-order valence-electron chi connectivity index (χ1n) is 34.9. The number of rotatable bonds is 14. The van der Waals surface area contributed by atoms with Crippen LogP contribution in [0.2, 0.25) is 0 Å². The van der Waals surface area contributed by atoms with Crippen molar-refractivity contribution in [1.29, 1.82) is 5.26 Å². The van der Waals surface area contributed by atoms with Crippen LogP contribution in [0.25, 0.3) is 5.69 Å². The molecule has 12 rings (SSSR count). The van der Waals surface area contributed by atoms with Gasteiger partial charge in [0.05, 0.1) is 33.6 Å². The number of nitriles is 1. The number of anilines is 4. The molecule has 2 fully saturated rings. The molecule has 4 aromatic heterocycles. The van der Waals surface area contributed by atoms with Crippen LogP contribution in [0.3, 0.4) is 0 Å². The van der Waals surface area contributed by atoms with Gasteiger partial charge in [0.15, 0.2) is 5.69 Å². The molecule has 0 saturated carbocycles. The number of amides is 3. The Labute approximate surface area is 639 Å². The van der Waals surface area contributed by atoms with Crippen molar-refractivity contribution in [2.75, 3.05) is 80.7 Å². The standard InChI is InChI=1S/C29H29F4N5O.C27H19F3N6O.C27H26F3N5O/c1-20-2-4-23(15-22(20)5-3-21-14-25(34)18-35-17-21)28(39)36-26-7-6-24(27(16-26)29(31,32)33)19-38-12-10-37(9-8-30)11-13-38;1-17-2-6-22(9-19(17)5-3-18-4-7-23(12-31)33-14-18)35-26(37)20-8-21(27(28,29)30)11-25(10-20)36-15-24(13-32)34-16-36;1-18-3-5-22(11-21(18)6-4-20-13-31-17-32-14-20)26(36)34-24-8-7-23(25(12-24)27(28,29)30)16-35-10-9-33-19(2)15-35/h2,4,6-7,14-18H,8-13,19,34H2,1H3,(H,36,39);2,4,6-11,14-16H,12,31H2,1H3,(H,35,37);3,5,7-8,11-14,17,19,33H,9-10,15-16H2,1-2H3,(H,34,36). The molecule has 1 unspecified atom stereocenters. The smallest absolute Gasteiger partial charge is 0.397 e. The second-order valence-corrected chi connectivity index (χ2v) is 26.3. The normalized spacial score (nSPS) is 13.8. The van der Waals surface area contributed by atoms with Gasteiger partial charge in [-0.15, -0.1) is 0 Å². The van der Waals surface area contributed by atoms with E-state index in [0.717, 1.165) is 53.2 Å². The molecule has 10 aromatic rings. The van der Waals surface area contributed by atoms with Crippen molar-refractivity contribution in [3.63, 3.8) is 0 Å². The number of benzene rings is 6. The van der Waals surface area contributed by atoms with Gasteiger partial charge in [0.2, 0.25) is 0 Å². The van der Waals surface area contributed by atoms with Crippen LogP contribution < -0.4 is 32.7 Å². The quantitative estimate of drug-likeness (QED) is 0.0437. The van der Waals surface area contributed by atoms with Crippen LogP contribution >= 0.6 is 0 Å². The Morgan fingerprint density at radius 2 is 1.07 bits per heavy atom. The van der Waals surface area contributed by atoms with E-state index in [2.05, 4.69) is 81.7 Å². The highest BCUT2D eigenvalue weighted by Crippen LogP contribution is 2.37. The molecule has 29 heteroatoms. The zero-order chi connectivity index (χ0) is 80.3. The molecule has 0 spiro atoms. The number of alkyl halides is 10. The fraction of sp³-hybridized carbons (Fsp3) is 0.241. The lowest BCUT2D eigenvalue weighted by Gasteiger charge is -2.34. The van der Waals surface area contributed by atoms with Crippen molar-refractivity contribution in [2.24, 2.45) is 5.73 Å². The highest BCUT2D eigenvalue weighted by molar-refractivity contribution is 6.06. The Bertz CT molecular complexity index is 5290. The zero-order valence-electron chi connectivity index (χ0n) is 60.9. The molecule has 6 heterocycles. The molecule has 0 bridgehead atoms. The minimum Gasteiger partial charge on any atom is -0.397 e. The fourth-order valence-electron chi connectivity index (χ4n) is 11.8. The zero-order valence-corrected chi connectivity index (χ0v) is 60.9. The maximum Gasteiger partial charge on any atom is 0.416 e. The molecule has 2 aliphatic rings. The number of halogens is 10. The Hall–Kier alpha value is -12.6. The summed E-state index contributed by atoms with van der Waals surface area (Å²) in [6.07, 6.45) is -2.07. The van der Waals surface area contributed by atoms with Crippen LogP contribution in [0.15, 0.2) is 177 Å². The highest BCUT2D eigenvalue weighted by Gasteiger charge is 2.37. The summed E-state index contributed by atoms with van der Waals surface area (Å²) < 4.78 is 138. The first kappa shape index (κ1) is 81.9. The average molecular weight is 1530 g/mol. The lowest BCUT2D eigenvalue weighted by atomic mass is 10.0. The van der Waals surface area contributed by atoms with Gasteiger partial charge in [-0.2, -0.15) is 44.8 Å². The lowest BCUT2D eigenvalue weighted by Crippen LogP contribution is -2.48. The van der Waals surface area contributed by atoms with E-state index in [1.807, 2.05) is 48.5 Å². The van der Waals surface area contributed by atoms with Gasteiger partial charge in [0.1, 0.15) is 25.4 Å². The predicted octanol–water partition coefficient (Wildman–Crippen LogP) is 13.6. The van der Waals surface area contributed by atoms with Crippen molar-refractivity contribution in [2.45, 2.75) is 71.9 Å². The summed E-state index contributed by atoms with van der Waals surface area (Å²) in [7, 11) is 0. The van der Waals surface area contributed by atoms with E-state index in [0.29, 0.717) is 103 Å². The van der Waals surface area contributed by atoms with E-state index in [4.69, 9.17) is 16.7 Å². The molecule has 574 valence electrons. The van der Waals surface area contributed by atoms with Crippen molar-refractivity contribution in [3.8, 4) is 47.3 Å². The molecule has 2 saturated heterocycles. The number of nitrogens with zero attached hydrogens (tertiary/aromatic N) is 10. The van der Waals surface area contributed by atoms with E-state index in [9.17, 15) is 58.3 Å². The van der Waals surface area contributed by atoms with Crippen molar-refractivity contribution in [3.05, 3.63) is 283 Å². The van der Waals surface area contributed by atoms with Gasteiger partial charge < -0.3 is 37.3 Å². The minimum atomic E-state index is -4.69. The Morgan fingerprint density at radius 1 is 0.545 bits per heavy atom. The predicted molar refractivity (Wildman–Crippen MR) is 405 cm³/mol. The third-order valence-corrected chi connectivity index (χ3v) is 17.8. The molecule has 1 atom stereocenters. The second kappa shape index (κ2) is 37.2. The lowest BCUT2D eigenvalue weighted by molar-refractivity contribution is -0.139. The number of pyridine rings is 2. The molecule has 0 aliphatic carbocycles. The highest BCUT2D eigenvalue weighted by atomic mass is 19.4. The summed E-state index contributed by atoms with van der Waals surface area (Å²) in [5.74, 6) is 16.1. The topological polar surface area (TPSA) is 254 Å². The third-order valence-electron chi connectivity index (χ3n) is 17.8. The van der Waals surface area contributed by atoms with Crippen LogP contribution in [0.4, 0.5) is 66.7 Å². The Morgan fingerprint density at radius 3 is 1.60 bits per heavy atom. The van der Waals surface area contributed by atoms with Crippen LogP contribution in [-0.2, 0) is 38.2 Å². The molecule has 3 amide bonds. The van der Waals surface area contributed by atoms with Gasteiger partial charge in [-0.3, -0.25) is 39.1 Å². The van der Waals surface area contributed by atoms with Gasteiger partial charge in [-0.05, 0) is 153 Å². The number of hydrogen-bond donors (Lipinski definition) is 6. The van der Waals surface area contributed by atoms with Crippen LogP contribution in [-0.4, -0.2) is 127 Å². The Kier molecular flexibility index (Phi) is 27.2. The Balaban J connectivity index is 0.000000178. The van der Waals surface area contributed by atoms with Gasteiger partial charge in [-0.1, -0.05) is 65.9 Å². The number of carbonyl (C=O) groups is 3. The summed E-state index contributed by atoms with van der Waals surface area (Å²) in [6, 6.07) is 33.0. The maximum atomic E-state index is 13.9. The van der Waals surface area contributed by atoms with Crippen LogP contribution in [0.1, 0.15) is 127 Å². The minimum absolute atomic E-state index is 0.0304. The largest absolute Gasteiger partial charge is 0.416 e. The summed E-state index contributed by atoms with van der Waals surface area (Å²) >= 11 is 0. The van der Waals surface area contributed by atoms with E-state index in [1.165, 1.54) is 59.9 Å².